The van der Waals surface area contributed by atoms with Crippen LogP contribution in [-0.4, -0.2) is 35.1 Å². The molecule has 2 rings (SSSR count). The first kappa shape index (κ1) is 24.5. The van der Waals surface area contributed by atoms with E-state index >= 15 is 0 Å². The third kappa shape index (κ3) is 7.17. The molecule has 0 radical (unpaired) electrons. The van der Waals surface area contributed by atoms with Crippen LogP contribution in [0.2, 0.25) is 5.02 Å². The minimum Gasteiger partial charge on any atom is -0.457 e. The Morgan fingerprint density at radius 1 is 1.06 bits per heavy atom. The highest BCUT2D eigenvalue weighted by Crippen LogP contribution is 2.19. The van der Waals surface area contributed by atoms with Crippen LogP contribution in [0, 0.1) is 17.0 Å². The lowest BCUT2D eigenvalue weighted by atomic mass is 10.1. The number of hydrazine groups is 1. The van der Waals surface area contributed by atoms with Gasteiger partial charge in [-0.2, -0.15) is 0 Å². The van der Waals surface area contributed by atoms with Crippen LogP contribution in [0.15, 0.2) is 42.5 Å². The number of carbonyl (C=O) groups is 4. The summed E-state index contributed by atoms with van der Waals surface area (Å²) in [6, 6.07) is 10.3. The molecule has 0 spiro atoms. The van der Waals surface area contributed by atoms with E-state index in [2.05, 4.69) is 10.9 Å². The maximum Gasteiger partial charge on any atom is 0.306 e. The van der Waals surface area contributed by atoms with Crippen molar-refractivity contribution in [1.29, 1.82) is 0 Å². The third-order valence-corrected chi connectivity index (χ3v) is 4.64. The Balaban J connectivity index is 1.70. The molecule has 0 heterocycles. The van der Waals surface area contributed by atoms with Gasteiger partial charge in [-0.25, -0.2) is 0 Å². The summed E-state index contributed by atoms with van der Waals surface area (Å²) in [5.74, 6) is -2.39. The molecule has 0 bridgehead atoms. The number of nitro benzene ring substituents is 1. The number of ketones is 1. The van der Waals surface area contributed by atoms with Crippen LogP contribution in [0.5, 0.6) is 0 Å². The van der Waals surface area contributed by atoms with Crippen LogP contribution in [0.4, 0.5) is 5.69 Å². The van der Waals surface area contributed by atoms with E-state index in [-0.39, 0.29) is 41.1 Å². The number of carbonyl (C=O) groups excluding carboxylic acids is 4. The van der Waals surface area contributed by atoms with Gasteiger partial charge in [0.05, 0.1) is 15.5 Å². The number of halogens is 1. The summed E-state index contributed by atoms with van der Waals surface area (Å²) in [6.07, 6.45) is -0.0833. The normalized spacial score (nSPS) is 10.2. The smallest absolute Gasteiger partial charge is 0.306 e. The molecule has 0 unspecified atom stereocenters. The van der Waals surface area contributed by atoms with Crippen molar-refractivity contribution in [2.45, 2.75) is 26.2 Å². The van der Waals surface area contributed by atoms with Gasteiger partial charge in [0.25, 0.3) is 11.6 Å². The van der Waals surface area contributed by atoms with Gasteiger partial charge in [-0.05, 0) is 25.5 Å². The van der Waals surface area contributed by atoms with Crippen LogP contribution >= 0.6 is 11.6 Å². The topological polar surface area (TPSA) is 145 Å². The van der Waals surface area contributed by atoms with Gasteiger partial charge in [-0.1, -0.05) is 35.9 Å². The molecule has 2 N–H and O–H groups in total. The van der Waals surface area contributed by atoms with Crippen molar-refractivity contribution in [3.63, 3.8) is 0 Å². The predicted molar refractivity (Wildman–Crippen MR) is 114 cm³/mol. The molecule has 0 atom stereocenters. The minimum atomic E-state index is -0.701. The highest BCUT2D eigenvalue weighted by molar-refractivity contribution is 6.33. The minimum absolute atomic E-state index is 0.0590. The molecule has 0 saturated carbocycles. The molecule has 10 nitrogen and oxygen atoms in total. The Bertz CT molecular complexity index is 1060. The molecule has 2 aromatic carbocycles. The van der Waals surface area contributed by atoms with Gasteiger partial charge in [-0.15, -0.1) is 0 Å². The first-order valence-electron chi connectivity index (χ1n) is 9.46. The Labute approximate surface area is 188 Å². The Hall–Kier alpha value is -3.79. The number of ether oxygens (including phenoxy) is 1. The fourth-order valence-electron chi connectivity index (χ4n) is 2.58. The molecule has 32 heavy (non-hydrogen) atoms. The maximum absolute atomic E-state index is 12.1. The fraction of sp³-hybridized carbons (Fsp3) is 0.238. The van der Waals surface area contributed by atoms with E-state index in [4.69, 9.17) is 16.3 Å². The molecule has 0 saturated heterocycles. The Morgan fingerprint density at radius 3 is 2.47 bits per heavy atom. The summed E-state index contributed by atoms with van der Waals surface area (Å²) >= 11 is 5.89. The summed E-state index contributed by atoms with van der Waals surface area (Å²) in [6.45, 7) is 0.976. The van der Waals surface area contributed by atoms with Gasteiger partial charge in [-0.3, -0.25) is 40.1 Å². The van der Waals surface area contributed by atoms with Crippen LogP contribution in [0.1, 0.15) is 45.5 Å². The van der Waals surface area contributed by atoms with E-state index in [9.17, 15) is 29.3 Å². The van der Waals surface area contributed by atoms with Gasteiger partial charge in [0, 0.05) is 30.0 Å². The molecule has 11 heteroatoms. The molecule has 0 fully saturated rings. The van der Waals surface area contributed by atoms with Crippen molar-refractivity contribution >= 4 is 40.9 Å². The average molecular weight is 462 g/mol. The fourth-order valence-corrected chi connectivity index (χ4v) is 2.80. The summed E-state index contributed by atoms with van der Waals surface area (Å²) in [7, 11) is 0. The summed E-state index contributed by atoms with van der Waals surface area (Å²) in [4.78, 5) is 58.0. The van der Waals surface area contributed by atoms with Crippen molar-refractivity contribution in [2.75, 3.05) is 6.61 Å². The monoisotopic (exact) mass is 461 g/mol. The van der Waals surface area contributed by atoms with Crippen molar-refractivity contribution < 1.29 is 28.8 Å². The number of aryl methyl sites for hydroxylation is 1. The molecule has 2 amide bonds. The molecule has 0 aliphatic carbocycles. The maximum atomic E-state index is 12.1. The highest BCUT2D eigenvalue weighted by Gasteiger charge is 2.17. The lowest BCUT2D eigenvalue weighted by Gasteiger charge is -2.08. The summed E-state index contributed by atoms with van der Waals surface area (Å²) in [5.41, 5.74) is 4.90. The van der Waals surface area contributed by atoms with Gasteiger partial charge in [0.15, 0.2) is 6.61 Å². The zero-order chi connectivity index (χ0) is 23.7. The Kier molecular flexibility index (Phi) is 8.84. The zero-order valence-corrected chi connectivity index (χ0v) is 17.8. The average Bonchev–Trinajstić information content (AvgIpc) is 2.76. The highest BCUT2D eigenvalue weighted by atomic mass is 35.5. The third-order valence-electron chi connectivity index (χ3n) is 4.31. The summed E-state index contributed by atoms with van der Waals surface area (Å²) in [5, 5.41) is 11.2. The van der Waals surface area contributed by atoms with E-state index in [1.807, 2.05) is 0 Å². The lowest BCUT2D eigenvalue weighted by Crippen LogP contribution is -2.41. The van der Waals surface area contributed by atoms with E-state index in [0.29, 0.717) is 5.56 Å². The first-order chi connectivity index (χ1) is 15.2. The number of Topliss-reactive ketones (excluding diaryl/α,β-unsaturated/α-hetero) is 1. The molecular weight excluding hydrogens is 442 g/mol. The van der Waals surface area contributed by atoms with Crippen LogP contribution < -0.4 is 10.9 Å². The number of benzene rings is 2. The number of nitro groups is 1. The molecule has 0 aromatic heterocycles. The van der Waals surface area contributed by atoms with Gasteiger partial charge in [0.2, 0.25) is 11.7 Å². The number of hydrogen-bond donors (Lipinski definition) is 2. The van der Waals surface area contributed by atoms with Gasteiger partial charge in [0.1, 0.15) is 0 Å². The lowest BCUT2D eigenvalue weighted by molar-refractivity contribution is -0.385. The second kappa shape index (κ2) is 11.6. The van der Waals surface area contributed by atoms with E-state index in [1.165, 1.54) is 24.3 Å². The van der Waals surface area contributed by atoms with Crippen molar-refractivity contribution in [3.8, 4) is 0 Å². The first-order valence-corrected chi connectivity index (χ1v) is 9.84. The van der Waals surface area contributed by atoms with Crippen molar-refractivity contribution in [2.24, 2.45) is 0 Å². The standard InChI is InChI=1S/C21H20ClN3O7/c1-13-9-10-14(11-17(13)25(30)31)18(26)12-32-20(28)8-4-7-19(27)23-24-21(29)15-5-2-3-6-16(15)22/h2-3,5-6,9-11H,4,7-8,12H2,1H3,(H,23,27)(H,24,29). The Morgan fingerprint density at radius 2 is 1.78 bits per heavy atom. The van der Waals surface area contributed by atoms with E-state index < -0.39 is 35.1 Å². The quantitative estimate of drug-likeness (QED) is 0.253. The molecule has 2 aromatic rings. The second-order valence-electron chi connectivity index (χ2n) is 6.68. The molecule has 0 aliphatic heterocycles. The van der Waals surface area contributed by atoms with Crippen LogP contribution in [0.3, 0.4) is 0 Å². The second-order valence-corrected chi connectivity index (χ2v) is 7.09. The van der Waals surface area contributed by atoms with E-state index in [1.54, 1.807) is 19.1 Å². The molecule has 168 valence electrons. The predicted octanol–water partition coefficient (Wildman–Crippen LogP) is 2.91. The largest absolute Gasteiger partial charge is 0.457 e. The van der Waals surface area contributed by atoms with Gasteiger partial charge < -0.3 is 4.74 Å². The number of nitrogens with zero attached hydrogens (tertiary/aromatic N) is 1. The van der Waals surface area contributed by atoms with Crippen molar-refractivity contribution in [3.05, 3.63) is 74.3 Å². The number of hydrogen-bond acceptors (Lipinski definition) is 7. The van der Waals surface area contributed by atoms with Gasteiger partial charge >= 0.3 is 5.97 Å². The number of esters is 1. The number of rotatable bonds is 9. The SMILES string of the molecule is Cc1ccc(C(=O)COC(=O)CCCC(=O)NNC(=O)c2ccccc2Cl)cc1[N+](=O)[O-]. The molecule has 0 aliphatic rings. The van der Waals surface area contributed by atoms with E-state index in [0.717, 1.165) is 6.07 Å². The zero-order valence-electron chi connectivity index (χ0n) is 17.1. The number of nitrogens with one attached hydrogen (secondary N) is 2. The molecular formula is C21H20ClN3O7. The summed E-state index contributed by atoms with van der Waals surface area (Å²) < 4.78 is 4.87. The van der Waals surface area contributed by atoms with Crippen molar-refractivity contribution in [1.82, 2.24) is 10.9 Å². The van der Waals surface area contributed by atoms with Crippen LogP contribution in [0.25, 0.3) is 0 Å². The van der Waals surface area contributed by atoms with Crippen LogP contribution in [-0.2, 0) is 14.3 Å². The number of amides is 2.